The molecule has 0 atom stereocenters. The van der Waals surface area contributed by atoms with Gasteiger partial charge < -0.3 is 0 Å². The van der Waals surface area contributed by atoms with Crippen molar-refractivity contribution >= 4 is 0 Å². The third-order valence-corrected chi connectivity index (χ3v) is 8.46. The summed E-state index contributed by atoms with van der Waals surface area (Å²) in [5.74, 6) is 0. The van der Waals surface area contributed by atoms with Crippen molar-refractivity contribution in [2.24, 2.45) is 0 Å². The van der Waals surface area contributed by atoms with Crippen LogP contribution in [0.3, 0.4) is 0 Å². The molecule has 0 saturated carbocycles. The van der Waals surface area contributed by atoms with E-state index in [0.717, 1.165) is 0 Å². The van der Waals surface area contributed by atoms with Gasteiger partial charge in [0.1, 0.15) is 0 Å². The van der Waals surface area contributed by atoms with Gasteiger partial charge in [0, 0.05) is 0 Å². The molecule has 0 bridgehead atoms. The molecule has 0 spiro atoms. The molecular formula is C12H16V. The van der Waals surface area contributed by atoms with Gasteiger partial charge >= 0.3 is 83.2 Å². The molecule has 0 unspecified atom stereocenters. The van der Waals surface area contributed by atoms with E-state index in [1.165, 1.54) is 12.8 Å². The molecule has 0 aromatic rings. The monoisotopic (exact) mass is 211 g/mol. The summed E-state index contributed by atoms with van der Waals surface area (Å²) in [6.07, 6.45) is 16.1. The SMILES string of the molecule is [CH3][V]([CH3])([C]1=CC=CC1)[C]1=CC=CC1. The Labute approximate surface area is 83.3 Å². The molecule has 2 aliphatic carbocycles. The molecule has 0 saturated heterocycles. The summed E-state index contributed by atoms with van der Waals surface area (Å²) in [5, 5.41) is 0. The number of hydrogen-bond donors (Lipinski definition) is 0. The van der Waals surface area contributed by atoms with Gasteiger partial charge in [0.2, 0.25) is 0 Å². The molecule has 13 heavy (non-hydrogen) atoms. The number of rotatable bonds is 2. The minimum absolute atomic E-state index is 1.21. The van der Waals surface area contributed by atoms with E-state index >= 15 is 0 Å². The molecule has 0 amide bonds. The van der Waals surface area contributed by atoms with E-state index in [9.17, 15) is 0 Å². The zero-order valence-corrected chi connectivity index (χ0v) is 9.72. The second kappa shape index (κ2) is 3.36. The standard InChI is InChI=1S/2C5H5.2CH3.V/c2*1-2-4-5-3-1;;;/h2*1-3H,4H2;2*1H3;. The summed E-state index contributed by atoms with van der Waals surface area (Å²) in [6.45, 7) is 0. The van der Waals surface area contributed by atoms with Crippen LogP contribution < -0.4 is 0 Å². The van der Waals surface area contributed by atoms with Crippen LogP contribution in [0.4, 0.5) is 0 Å². The van der Waals surface area contributed by atoms with Crippen LogP contribution in [0.5, 0.6) is 0 Å². The van der Waals surface area contributed by atoms with Gasteiger partial charge in [-0.1, -0.05) is 0 Å². The molecule has 0 aromatic carbocycles. The third kappa shape index (κ3) is 1.61. The van der Waals surface area contributed by atoms with Crippen LogP contribution in [0.15, 0.2) is 45.0 Å². The van der Waals surface area contributed by atoms with Crippen LogP contribution in [0.1, 0.15) is 12.8 Å². The Morgan fingerprint density at radius 1 is 0.923 bits per heavy atom. The Bertz CT molecular complexity index is 295. The van der Waals surface area contributed by atoms with E-state index in [4.69, 9.17) is 0 Å². The number of allylic oxidation sites excluding steroid dienone is 8. The average Bonchev–Trinajstić information content (AvgIpc) is 2.78. The van der Waals surface area contributed by atoms with Crippen molar-refractivity contribution in [3.8, 4) is 0 Å². The third-order valence-electron chi connectivity index (χ3n) is 2.94. The molecule has 0 aromatic heterocycles. The van der Waals surface area contributed by atoms with E-state index in [0.29, 0.717) is 0 Å². The summed E-state index contributed by atoms with van der Waals surface area (Å²) in [6, 6.07) is 0. The van der Waals surface area contributed by atoms with Crippen LogP contribution in [0, 0.1) is 0 Å². The summed E-state index contributed by atoms with van der Waals surface area (Å²) in [5.41, 5.74) is 4.99. The van der Waals surface area contributed by atoms with Crippen molar-refractivity contribution in [2.45, 2.75) is 24.1 Å². The molecule has 0 N–H and O–H groups in total. The van der Waals surface area contributed by atoms with Gasteiger partial charge in [-0.25, -0.2) is 0 Å². The topological polar surface area (TPSA) is 0 Å². The molecule has 0 fully saturated rings. The maximum absolute atomic E-state index is 2.50. The predicted molar refractivity (Wildman–Crippen MR) is 55.4 cm³/mol. The Kier molecular flexibility index (Phi) is 2.36. The van der Waals surface area contributed by atoms with Crippen molar-refractivity contribution in [2.75, 3.05) is 0 Å². The van der Waals surface area contributed by atoms with Gasteiger partial charge in [0.25, 0.3) is 0 Å². The van der Waals surface area contributed by atoms with E-state index in [1.54, 1.807) is 8.57 Å². The first-order valence-electron chi connectivity index (χ1n) is 4.78. The molecule has 2 aliphatic rings. The van der Waals surface area contributed by atoms with Crippen LogP contribution in [-0.2, 0) is 14.0 Å². The average molecular weight is 211 g/mol. The van der Waals surface area contributed by atoms with Gasteiger partial charge in [0.05, 0.1) is 0 Å². The Hall–Kier alpha value is -0.456. The van der Waals surface area contributed by atoms with Crippen LogP contribution in [-0.4, -0.2) is 0 Å². The molecule has 0 radical (unpaired) electrons. The van der Waals surface area contributed by atoms with E-state index in [-0.39, 0.29) is 0 Å². The van der Waals surface area contributed by atoms with E-state index < -0.39 is 14.0 Å². The first-order chi connectivity index (χ1) is 6.21. The molecule has 69 valence electrons. The molecule has 0 nitrogen and oxygen atoms in total. The Morgan fingerprint density at radius 3 is 1.69 bits per heavy atom. The van der Waals surface area contributed by atoms with Crippen LogP contribution in [0.25, 0.3) is 0 Å². The van der Waals surface area contributed by atoms with Gasteiger partial charge in [-0.05, 0) is 0 Å². The fourth-order valence-electron chi connectivity index (χ4n) is 1.89. The first kappa shape index (κ1) is 9.11. The molecular weight excluding hydrogens is 195 g/mol. The second-order valence-electron chi connectivity index (χ2n) is 4.03. The molecule has 0 heterocycles. The van der Waals surface area contributed by atoms with Crippen molar-refractivity contribution in [1.82, 2.24) is 0 Å². The number of hydrogen-bond acceptors (Lipinski definition) is 0. The van der Waals surface area contributed by atoms with Gasteiger partial charge in [-0.3, -0.25) is 0 Å². The van der Waals surface area contributed by atoms with Crippen molar-refractivity contribution in [3.63, 3.8) is 0 Å². The maximum atomic E-state index is 2.50. The normalized spacial score (nSPS) is 20.8. The Morgan fingerprint density at radius 2 is 1.38 bits per heavy atom. The molecule has 1 heteroatoms. The van der Waals surface area contributed by atoms with Gasteiger partial charge in [0.15, 0.2) is 0 Å². The Balaban J connectivity index is 2.20. The summed E-state index contributed by atoms with van der Waals surface area (Å²) in [4.78, 5) is 0. The summed E-state index contributed by atoms with van der Waals surface area (Å²) >= 11 is -1.60. The van der Waals surface area contributed by atoms with Crippen molar-refractivity contribution in [3.05, 3.63) is 45.0 Å². The quantitative estimate of drug-likeness (QED) is 0.649. The fourth-order valence-corrected chi connectivity index (χ4v) is 5.65. The zero-order valence-electron chi connectivity index (χ0n) is 8.33. The fraction of sp³-hybridized carbons (Fsp3) is 0.333. The van der Waals surface area contributed by atoms with Gasteiger partial charge in [-0.2, -0.15) is 0 Å². The molecule has 0 aliphatic heterocycles. The zero-order chi connectivity index (χ0) is 9.31. The molecule has 2 rings (SSSR count). The van der Waals surface area contributed by atoms with E-state index in [2.05, 4.69) is 47.7 Å². The second-order valence-corrected chi connectivity index (χ2v) is 10.4. The van der Waals surface area contributed by atoms with Crippen molar-refractivity contribution < 1.29 is 14.0 Å². The van der Waals surface area contributed by atoms with Crippen LogP contribution in [0.2, 0.25) is 11.3 Å². The van der Waals surface area contributed by atoms with Crippen molar-refractivity contribution in [1.29, 1.82) is 0 Å². The summed E-state index contributed by atoms with van der Waals surface area (Å²) < 4.78 is 3.43. The minimum atomic E-state index is -1.60. The first-order valence-corrected chi connectivity index (χ1v) is 8.97. The summed E-state index contributed by atoms with van der Waals surface area (Å²) in [7, 11) is 0. The van der Waals surface area contributed by atoms with Crippen LogP contribution >= 0.6 is 0 Å². The predicted octanol–water partition coefficient (Wildman–Crippen LogP) is 3.92. The van der Waals surface area contributed by atoms with E-state index in [1.807, 2.05) is 0 Å². The van der Waals surface area contributed by atoms with Gasteiger partial charge in [-0.15, -0.1) is 0 Å².